The minimum atomic E-state index is -3.28. The van der Waals surface area contributed by atoms with Gasteiger partial charge < -0.3 is 0 Å². The summed E-state index contributed by atoms with van der Waals surface area (Å²) in [7, 11) is 10.8. The standard InChI is InChI=1S/2C2H.2ClH.Sn/c2*1-2;;;/h2*1H;2*1H;/q;;;;+2/p-2. The quantitative estimate of drug-likeness (QED) is 0.441. The Labute approximate surface area is 54.5 Å². The van der Waals surface area contributed by atoms with Crippen LogP contribution in [0.2, 0.25) is 0 Å². The fourth-order valence-electron chi connectivity index (χ4n) is 0.0417. The van der Waals surface area contributed by atoms with Gasteiger partial charge in [0, 0.05) is 0 Å². The van der Waals surface area contributed by atoms with Crippen LogP contribution in [0.1, 0.15) is 0 Å². The van der Waals surface area contributed by atoms with E-state index in [4.69, 9.17) is 30.7 Å². The molecule has 0 rings (SSSR count). The van der Waals surface area contributed by atoms with Crippen molar-refractivity contribution >= 4 is 34.0 Å². The van der Waals surface area contributed by atoms with E-state index in [0.717, 1.165) is 0 Å². The average molecular weight is 240 g/mol. The van der Waals surface area contributed by atoms with Crippen molar-refractivity contribution in [2.75, 3.05) is 0 Å². The molecule has 0 spiro atoms. The van der Waals surface area contributed by atoms with Crippen molar-refractivity contribution < 1.29 is 0 Å². The summed E-state index contributed by atoms with van der Waals surface area (Å²) in [6, 6.07) is 0. The van der Waals surface area contributed by atoms with Gasteiger partial charge in [-0.25, -0.2) is 0 Å². The number of hydrogen-bond donors (Lipinski definition) is 0. The van der Waals surface area contributed by atoms with Crippen LogP contribution < -0.4 is 0 Å². The van der Waals surface area contributed by atoms with Crippen molar-refractivity contribution in [3.05, 3.63) is 0 Å². The second-order valence-electron chi connectivity index (χ2n) is 0.863. The molecule has 0 N–H and O–H groups in total. The van der Waals surface area contributed by atoms with Gasteiger partial charge in [0.1, 0.15) is 0 Å². The number of terminal acetylenes is 2. The van der Waals surface area contributed by atoms with Crippen LogP contribution in [-0.2, 0) is 0 Å². The van der Waals surface area contributed by atoms with E-state index < -0.39 is 16.1 Å². The van der Waals surface area contributed by atoms with E-state index in [1.165, 1.54) is 0 Å². The number of halogens is 2. The maximum atomic E-state index is 5.41. The molecule has 0 radical (unpaired) electrons. The van der Waals surface area contributed by atoms with Gasteiger partial charge in [-0.2, -0.15) is 0 Å². The summed E-state index contributed by atoms with van der Waals surface area (Å²) in [5.74, 6) is 0. The molecule has 0 aromatic carbocycles. The molecule has 0 aromatic heterocycles. The number of rotatable bonds is 0. The normalized spacial score (nSPS) is 9.14. The molecule has 0 aliphatic rings. The monoisotopic (exact) mass is 240 g/mol. The molecule has 3 heteroatoms. The fourth-order valence-corrected chi connectivity index (χ4v) is 0.280. The Morgan fingerprint density at radius 1 is 1.14 bits per heavy atom. The molecular weight excluding hydrogens is 238 g/mol. The first-order chi connectivity index (χ1) is 3.12. The number of hydrogen-bond acceptors (Lipinski definition) is 0. The van der Waals surface area contributed by atoms with Crippen LogP contribution in [0.4, 0.5) is 0 Å². The topological polar surface area (TPSA) is 0 Å². The van der Waals surface area contributed by atoms with Gasteiger partial charge in [-0.05, 0) is 0 Å². The molecule has 0 amide bonds. The second-order valence-corrected chi connectivity index (χ2v) is 14.7. The van der Waals surface area contributed by atoms with Gasteiger partial charge >= 0.3 is 54.7 Å². The van der Waals surface area contributed by atoms with E-state index in [-0.39, 0.29) is 0 Å². The van der Waals surface area contributed by atoms with Gasteiger partial charge in [-0.1, -0.05) is 0 Å². The van der Waals surface area contributed by atoms with Crippen molar-refractivity contribution in [1.29, 1.82) is 0 Å². The molecule has 0 nitrogen and oxygen atoms in total. The fraction of sp³-hybridized carbons (Fsp3) is 0. The summed E-state index contributed by atoms with van der Waals surface area (Å²) in [5, 5.41) is 0. The first-order valence-corrected chi connectivity index (χ1v) is 11.5. The van der Waals surface area contributed by atoms with Crippen LogP contribution in [0, 0.1) is 20.7 Å². The predicted molar refractivity (Wildman–Crippen MR) is 35.1 cm³/mol. The summed E-state index contributed by atoms with van der Waals surface area (Å²) in [4.78, 5) is 0. The summed E-state index contributed by atoms with van der Waals surface area (Å²) in [5.41, 5.74) is 0. The Morgan fingerprint density at radius 3 is 1.43 bits per heavy atom. The molecule has 0 aromatic rings. The van der Waals surface area contributed by atoms with E-state index in [1.807, 2.05) is 0 Å². The van der Waals surface area contributed by atoms with Gasteiger partial charge in [0.15, 0.2) is 0 Å². The van der Waals surface area contributed by atoms with Crippen molar-refractivity contribution in [3.63, 3.8) is 0 Å². The minimum absolute atomic E-state index is 2.20. The molecule has 0 saturated carbocycles. The van der Waals surface area contributed by atoms with Crippen molar-refractivity contribution in [3.8, 4) is 20.7 Å². The summed E-state index contributed by atoms with van der Waals surface area (Å²) < 4.78 is 4.39. The zero-order valence-corrected chi connectivity index (χ0v) is 7.78. The van der Waals surface area contributed by atoms with Crippen LogP contribution in [0.15, 0.2) is 0 Å². The average Bonchev–Trinajstić information content (AvgIpc) is 1.68. The molecule has 0 aliphatic carbocycles. The van der Waals surface area contributed by atoms with Gasteiger partial charge in [0.2, 0.25) is 0 Å². The van der Waals surface area contributed by atoms with Crippen molar-refractivity contribution in [1.82, 2.24) is 0 Å². The van der Waals surface area contributed by atoms with E-state index in [1.54, 1.807) is 0 Å². The third kappa shape index (κ3) is 3.11. The molecule has 0 bridgehead atoms. The summed E-state index contributed by atoms with van der Waals surface area (Å²) in [6.07, 6.45) is 9.71. The second kappa shape index (κ2) is 2.72. The summed E-state index contributed by atoms with van der Waals surface area (Å²) in [6.45, 7) is 0. The Bertz CT molecular complexity index is 121. The molecule has 7 heavy (non-hydrogen) atoms. The first kappa shape index (κ1) is 7.50. The summed E-state index contributed by atoms with van der Waals surface area (Å²) >= 11 is -3.28. The van der Waals surface area contributed by atoms with Crippen LogP contribution >= 0.6 is 17.8 Å². The molecule has 0 saturated heterocycles. The first-order valence-electron chi connectivity index (χ1n) is 1.46. The molecule has 0 heterocycles. The molecule has 0 aliphatic heterocycles. The zero-order valence-electron chi connectivity index (χ0n) is 3.41. The van der Waals surface area contributed by atoms with E-state index in [9.17, 15) is 0 Å². The van der Waals surface area contributed by atoms with Gasteiger partial charge in [0.05, 0.1) is 0 Å². The van der Waals surface area contributed by atoms with E-state index >= 15 is 0 Å². The SMILES string of the molecule is C#[C][Sn]([Cl])([Cl])[C]#C. The van der Waals surface area contributed by atoms with Crippen molar-refractivity contribution in [2.24, 2.45) is 0 Å². The van der Waals surface area contributed by atoms with Gasteiger partial charge in [0.25, 0.3) is 0 Å². The Morgan fingerprint density at radius 2 is 1.43 bits per heavy atom. The van der Waals surface area contributed by atoms with E-state index in [2.05, 4.69) is 7.87 Å². The van der Waals surface area contributed by atoms with Crippen LogP contribution in [0.25, 0.3) is 0 Å². The predicted octanol–water partition coefficient (Wildman–Crippen LogP) is 1.25. The molecule has 0 fully saturated rings. The Balaban J connectivity index is 4.00. The molecule has 36 valence electrons. The van der Waals surface area contributed by atoms with Crippen LogP contribution in [0.5, 0.6) is 0 Å². The molecule has 0 unspecified atom stereocenters. The van der Waals surface area contributed by atoms with Crippen LogP contribution in [-0.4, -0.2) is 16.1 Å². The molecular formula is C4H2Cl2Sn. The third-order valence-corrected chi connectivity index (χ3v) is 5.36. The van der Waals surface area contributed by atoms with Gasteiger partial charge in [-0.3, -0.25) is 0 Å². The van der Waals surface area contributed by atoms with Crippen molar-refractivity contribution in [2.45, 2.75) is 0 Å². The van der Waals surface area contributed by atoms with E-state index in [0.29, 0.717) is 0 Å². The third-order valence-electron chi connectivity index (χ3n) is 0.363. The zero-order chi connectivity index (χ0) is 5.91. The Kier molecular flexibility index (Phi) is 2.91. The van der Waals surface area contributed by atoms with Gasteiger partial charge in [-0.15, -0.1) is 0 Å². The maximum absolute atomic E-state index is 5.41. The molecule has 0 atom stereocenters. The van der Waals surface area contributed by atoms with Crippen LogP contribution in [0.3, 0.4) is 0 Å². The Hall–Kier alpha value is 0.499.